The van der Waals surface area contributed by atoms with Gasteiger partial charge in [-0.05, 0) is 57.8 Å². The highest BCUT2D eigenvalue weighted by Crippen LogP contribution is 2.62. The van der Waals surface area contributed by atoms with Gasteiger partial charge in [-0.15, -0.1) is 39.5 Å². The van der Waals surface area contributed by atoms with Gasteiger partial charge in [0.25, 0.3) is 0 Å². The summed E-state index contributed by atoms with van der Waals surface area (Å²) >= 11 is 0. The Morgan fingerprint density at radius 1 is 0.514 bits per heavy atom. The molecule has 0 aromatic rings. The van der Waals surface area contributed by atoms with Gasteiger partial charge in [-0.1, -0.05) is 76.5 Å². The number of hydrogen-bond acceptors (Lipinski definition) is 4. The van der Waals surface area contributed by atoms with E-state index in [0.29, 0.717) is 57.8 Å². The third-order valence-corrected chi connectivity index (χ3v) is 7.96. The number of phosphoric acid groups is 1. The molecular formula is C30H51O4P. The van der Waals surface area contributed by atoms with Gasteiger partial charge in [0, 0.05) is 0 Å². The molecule has 0 aromatic heterocycles. The minimum absolute atomic E-state index is 0.497. The van der Waals surface area contributed by atoms with E-state index >= 15 is 0 Å². The zero-order valence-corrected chi connectivity index (χ0v) is 23.7. The topological polar surface area (TPSA) is 44.8 Å². The van der Waals surface area contributed by atoms with E-state index in [0.717, 1.165) is 19.3 Å². The van der Waals surface area contributed by atoms with Crippen molar-refractivity contribution < 1.29 is 18.1 Å². The van der Waals surface area contributed by atoms with E-state index in [1.165, 1.54) is 0 Å². The van der Waals surface area contributed by atoms with Gasteiger partial charge in [-0.25, -0.2) is 4.57 Å². The highest BCUT2D eigenvalue weighted by Gasteiger charge is 2.49. The maximum atomic E-state index is 14.9. The summed E-state index contributed by atoms with van der Waals surface area (Å²) in [6.45, 7) is 29.8. The standard InChI is InChI=1S/C30H51O4P/c1-10-19-28(20-11-2,21-12-3)32-35(31,33-29(22-13-4,23-14-5)24-15-6)34-30(25-16-7,26-17-8)27-18-9/h10-11,13-14,16-17H,1-2,4-5,7-8,12,15,18-27H2,3,6,9H3. The van der Waals surface area contributed by atoms with E-state index in [4.69, 9.17) is 13.6 Å². The third kappa shape index (κ3) is 11.0. The van der Waals surface area contributed by atoms with Gasteiger partial charge >= 0.3 is 7.82 Å². The average molecular weight is 507 g/mol. The maximum absolute atomic E-state index is 14.9. The Balaban J connectivity index is 6.91. The zero-order chi connectivity index (χ0) is 26.8. The van der Waals surface area contributed by atoms with E-state index in [1.54, 1.807) is 36.5 Å². The van der Waals surface area contributed by atoms with Crippen molar-refractivity contribution in [2.75, 3.05) is 0 Å². The minimum atomic E-state index is -4.14. The van der Waals surface area contributed by atoms with Crippen LogP contribution in [0.1, 0.15) is 97.8 Å². The van der Waals surface area contributed by atoms with Crippen LogP contribution in [0.25, 0.3) is 0 Å². The molecule has 0 aromatic carbocycles. The van der Waals surface area contributed by atoms with E-state index in [9.17, 15) is 4.57 Å². The SMILES string of the molecule is C=CCC(CC=C)(CCC)OP(=O)(OC(CC=C)(CC=C)CCC)OC(CC=C)(CC=C)CCC. The number of hydrogen-bond donors (Lipinski definition) is 0. The molecule has 4 nitrogen and oxygen atoms in total. The lowest BCUT2D eigenvalue weighted by atomic mass is 9.90. The number of phosphoric ester groups is 1. The predicted octanol–water partition coefficient (Wildman–Crippen LogP) is 10.2. The van der Waals surface area contributed by atoms with Crippen molar-refractivity contribution in [3.8, 4) is 0 Å². The van der Waals surface area contributed by atoms with Crippen LogP contribution in [0, 0.1) is 0 Å². The molecule has 200 valence electrons. The van der Waals surface area contributed by atoms with Crippen LogP contribution in [-0.2, 0) is 18.1 Å². The first-order valence-corrected chi connectivity index (χ1v) is 14.5. The van der Waals surface area contributed by atoms with Crippen LogP contribution in [0.3, 0.4) is 0 Å². The van der Waals surface area contributed by atoms with Crippen molar-refractivity contribution in [3.05, 3.63) is 75.9 Å². The summed E-state index contributed by atoms with van der Waals surface area (Å²) in [5.41, 5.74) is -2.39. The molecule has 0 unspecified atom stereocenters. The Kier molecular flexibility index (Phi) is 16.4. The van der Waals surface area contributed by atoms with Crippen LogP contribution in [0.15, 0.2) is 75.9 Å². The quantitative estimate of drug-likeness (QED) is 0.0964. The summed E-state index contributed by atoms with van der Waals surface area (Å²) in [6, 6.07) is 0. The molecule has 0 N–H and O–H groups in total. The second kappa shape index (κ2) is 17.1. The highest BCUT2D eigenvalue weighted by molar-refractivity contribution is 7.48. The summed E-state index contributed by atoms with van der Waals surface area (Å²) in [6.07, 6.45) is 18.2. The molecule has 0 spiro atoms. The van der Waals surface area contributed by atoms with E-state index in [-0.39, 0.29) is 0 Å². The third-order valence-electron chi connectivity index (χ3n) is 6.13. The van der Waals surface area contributed by atoms with E-state index in [2.05, 4.69) is 60.2 Å². The minimum Gasteiger partial charge on any atom is -0.280 e. The number of rotatable bonds is 24. The van der Waals surface area contributed by atoms with Crippen LogP contribution >= 0.6 is 7.82 Å². The van der Waals surface area contributed by atoms with E-state index < -0.39 is 24.6 Å². The zero-order valence-electron chi connectivity index (χ0n) is 22.8. The van der Waals surface area contributed by atoms with Gasteiger partial charge in [0.15, 0.2) is 0 Å². The van der Waals surface area contributed by atoms with Crippen LogP contribution in [-0.4, -0.2) is 16.8 Å². The lowest BCUT2D eigenvalue weighted by Crippen LogP contribution is -2.39. The molecule has 0 aliphatic rings. The first-order valence-electron chi connectivity index (χ1n) is 13.0. The normalized spacial score (nSPS) is 12.7. The molecule has 0 fully saturated rings. The largest absolute Gasteiger partial charge is 0.476 e. The molecule has 0 atom stereocenters. The molecule has 5 heteroatoms. The molecule has 0 rings (SSSR count). The Bertz CT molecular complexity index is 599. The first kappa shape index (κ1) is 33.5. The first-order chi connectivity index (χ1) is 16.7. The second-order valence-electron chi connectivity index (χ2n) is 9.48. The maximum Gasteiger partial charge on any atom is 0.476 e. The summed E-state index contributed by atoms with van der Waals surface area (Å²) in [7, 11) is -4.14. The van der Waals surface area contributed by atoms with Gasteiger partial charge in [0.05, 0.1) is 16.8 Å². The molecule has 0 heterocycles. The van der Waals surface area contributed by atoms with Crippen molar-refractivity contribution in [1.82, 2.24) is 0 Å². The Labute approximate surface area is 216 Å². The molecule has 0 saturated heterocycles. The van der Waals surface area contributed by atoms with Crippen molar-refractivity contribution >= 4 is 7.82 Å². The van der Waals surface area contributed by atoms with Crippen LogP contribution in [0.2, 0.25) is 0 Å². The molecule has 0 aliphatic carbocycles. The van der Waals surface area contributed by atoms with Crippen molar-refractivity contribution in [1.29, 1.82) is 0 Å². The van der Waals surface area contributed by atoms with Gasteiger partial charge < -0.3 is 0 Å². The van der Waals surface area contributed by atoms with Crippen LogP contribution in [0.5, 0.6) is 0 Å². The van der Waals surface area contributed by atoms with Gasteiger partial charge in [-0.3, -0.25) is 13.6 Å². The summed E-state index contributed by atoms with van der Waals surface area (Å²) in [5.74, 6) is 0. The summed E-state index contributed by atoms with van der Waals surface area (Å²) in [5, 5.41) is 0. The summed E-state index contributed by atoms with van der Waals surface area (Å²) < 4.78 is 34.6. The van der Waals surface area contributed by atoms with Crippen LogP contribution in [0.4, 0.5) is 0 Å². The smallest absolute Gasteiger partial charge is 0.280 e. The molecule has 35 heavy (non-hydrogen) atoms. The Morgan fingerprint density at radius 2 is 0.714 bits per heavy atom. The molecule has 0 amide bonds. The summed E-state index contributed by atoms with van der Waals surface area (Å²) in [4.78, 5) is 0. The predicted molar refractivity (Wildman–Crippen MR) is 153 cm³/mol. The Hall–Kier alpha value is -1.45. The molecule has 0 aliphatic heterocycles. The van der Waals surface area contributed by atoms with E-state index in [1.807, 2.05) is 0 Å². The molecule has 0 radical (unpaired) electrons. The molecule has 0 bridgehead atoms. The lowest BCUT2D eigenvalue weighted by molar-refractivity contribution is -0.0714. The molecule has 0 saturated carbocycles. The van der Waals surface area contributed by atoms with Crippen LogP contribution < -0.4 is 0 Å². The van der Waals surface area contributed by atoms with Crippen molar-refractivity contribution in [3.63, 3.8) is 0 Å². The fraction of sp³-hybridized carbons (Fsp3) is 0.600. The fourth-order valence-electron chi connectivity index (χ4n) is 4.94. The average Bonchev–Trinajstić information content (AvgIpc) is 2.75. The Morgan fingerprint density at radius 3 is 0.857 bits per heavy atom. The van der Waals surface area contributed by atoms with Crippen molar-refractivity contribution in [2.45, 2.75) is 115 Å². The van der Waals surface area contributed by atoms with Gasteiger partial charge in [0.1, 0.15) is 0 Å². The highest BCUT2D eigenvalue weighted by atomic mass is 31.2. The van der Waals surface area contributed by atoms with Crippen molar-refractivity contribution in [2.24, 2.45) is 0 Å². The fourth-order valence-corrected chi connectivity index (χ4v) is 7.19. The molecular weight excluding hydrogens is 455 g/mol. The lowest BCUT2D eigenvalue weighted by Gasteiger charge is -2.43. The van der Waals surface area contributed by atoms with Gasteiger partial charge in [-0.2, -0.15) is 0 Å². The monoisotopic (exact) mass is 506 g/mol. The second-order valence-corrected chi connectivity index (χ2v) is 10.9. The van der Waals surface area contributed by atoms with Gasteiger partial charge in [0.2, 0.25) is 0 Å².